The number of para-hydroxylation sites is 1. The van der Waals surface area contributed by atoms with Gasteiger partial charge in [0.15, 0.2) is 5.65 Å². The molecule has 0 amide bonds. The van der Waals surface area contributed by atoms with Crippen molar-refractivity contribution in [1.29, 1.82) is 0 Å². The van der Waals surface area contributed by atoms with Gasteiger partial charge in [-0.1, -0.05) is 47.6 Å². The largest absolute Gasteiger partial charge is 0.338 e. The number of H-pyrrole nitrogens is 1. The Bertz CT molecular complexity index is 722. The summed E-state index contributed by atoms with van der Waals surface area (Å²) < 4.78 is 0. The third kappa shape index (κ3) is 2.07. The van der Waals surface area contributed by atoms with E-state index in [-0.39, 0.29) is 0 Å². The van der Waals surface area contributed by atoms with E-state index >= 15 is 0 Å². The van der Waals surface area contributed by atoms with Gasteiger partial charge in [-0.3, -0.25) is 0 Å². The first kappa shape index (κ1) is 11.5. The van der Waals surface area contributed by atoms with Gasteiger partial charge in [0, 0.05) is 22.2 Å². The van der Waals surface area contributed by atoms with Gasteiger partial charge in [0.1, 0.15) is 5.52 Å². The third-order valence-corrected chi connectivity index (χ3v) is 3.47. The number of aromatic nitrogens is 4. The Balaban J connectivity index is 2.04. The fraction of sp³-hybridized carbons (Fsp3) is 0.0833. The molecule has 3 rings (SSSR count). The van der Waals surface area contributed by atoms with Crippen LogP contribution < -0.4 is 0 Å². The Labute approximate surface area is 112 Å². The SMILES string of the molecule is Cl/C=C/CSc1nnc2c(n1)[nH]c1ccccc12. The van der Waals surface area contributed by atoms with Crippen LogP contribution in [-0.4, -0.2) is 25.9 Å². The number of halogens is 1. The van der Waals surface area contributed by atoms with Crippen molar-refractivity contribution in [2.75, 3.05) is 5.75 Å². The lowest BCUT2D eigenvalue weighted by Crippen LogP contribution is -1.91. The van der Waals surface area contributed by atoms with E-state index in [4.69, 9.17) is 11.6 Å². The van der Waals surface area contributed by atoms with Crippen LogP contribution in [0.3, 0.4) is 0 Å². The van der Waals surface area contributed by atoms with Crippen molar-refractivity contribution in [1.82, 2.24) is 20.2 Å². The molecule has 0 atom stereocenters. The minimum Gasteiger partial charge on any atom is -0.338 e. The van der Waals surface area contributed by atoms with E-state index in [1.165, 1.54) is 17.3 Å². The summed E-state index contributed by atoms with van der Waals surface area (Å²) in [5, 5.41) is 10.0. The molecule has 0 radical (unpaired) electrons. The zero-order chi connectivity index (χ0) is 12.4. The second-order valence-corrected chi connectivity index (χ2v) is 4.87. The van der Waals surface area contributed by atoms with Crippen LogP contribution >= 0.6 is 23.4 Å². The summed E-state index contributed by atoms with van der Waals surface area (Å²) in [5.41, 5.74) is 4.09. The number of fused-ring (bicyclic) bond motifs is 3. The van der Waals surface area contributed by atoms with Gasteiger partial charge in [-0.25, -0.2) is 4.98 Å². The second kappa shape index (κ2) is 4.96. The molecule has 2 aromatic heterocycles. The van der Waals surface area contributed by atoms with Crippen LogP contribution in [0.15, 0.2) is 41.0 Å². The Morgan fingerprint density at radius 3 is 3.06 bits per heavy atom. The van der Waals surface area contributed by atoms with Gasteiger partial charge in [-0.2, -0.15) is 0 Å². The molecular formula is C12H9ClN4S. The van der Waals surface area contributed by atoms with E-state index in [2.05, 4.69) is 20.2 Å². The number of hydrogen-bond donors (Lipinski definition) is 1. The van der Waals surface area contributed by atoms with E-state index < -0.39 is 0 Å². The highest BCUT2D eigenvalue weighted by molar-refractivity contribution is 7.99. The number of nitrogens with one attached hydrogen (secondary N) is 1. The van der Waals surface area contributed by atoms with Gasteiger partial charge in [-0.05, 0) is 6.07 Å². The lowest BCUT2D eigenvalue weighted by Gasteiger charge is -1.94. The van der Waals surface area contributed by atoms with E-state index in [0.29, 0.717) is 5.16 Å². The number of nitrogens with zero attached hydrogens (tertiary/aromatic N) is 3. The Morgan fingerprint density at radius 1 is 1.28 bits per heavy atom. The van der Waals surface area contributed by atoms with Crippen LogP contribution in [0.5, 0.6) is 0 Å². The number of rotatable bonds is 3. The lowest BCUT2D eigenvalue weighted by atomic mass is 10.2. The van der Waals surface area contributed by atoms with Gasteiger partial charge in [0.05, 0.1) is 0 Å². The van der Waals surface area contributed by atoms with Crippen LogP contribution in [0.25, 0.3) is 22.1 Å². The second-order valence-electron chi connectivity index (χ2n) is 3.63. The van der Waals surface area contributed by atoms with E-state index in [9.17, 15) is 0 Å². The molecule has 4 nitrogen and oxygen atoms in total. The molecule has 0 aliphatic heterocycles. The first-order valence-corrected chi connectivity index (χ1v) is 6.80. The highest BCUT2D eigenvalue weighted by atomic mass is 35.5. The van der Waals surface area contributed by atoms with E-state index in [1.54, 1.807) is 0 Å². The van der Waals surface area contributed by atoms with Gasteiger partial charge in [-0.15, -0.1) is 10.2 Å². The predicted octanol–water partition coefficient (Wildman–Crippen LogP) is 3.35. The molecule has 0 bridgehead atoms. The highest BCUT2D eigenvalue weighted by Gasteiger charge is 2.08. The summed E-state index contributed by atoms with van der Waals surface area (Å²) in [4.78, 5) is 7.68. The molecule has 0 aliphatic rings. The van der Waals surface area contributed by atoms with Crippen molar-refractivity contribution >= 4 is 45.4 Å². The Morgan fingerprint density at radius 2 is 2.17 bits per heavy atom. The molecule has 90 valence electrons. The van der Waals surface area contributed by atoms with Gasteiger partial charge >= 0.3 is 0 Å². The minimum absolute atomic E-state index is 0.642. The summed E-state index contributed by atoms with van der Waals surface area (Å²) in [6.45, 7) is 0. The molecule has 3 aromatic rings. The average Bonchev–Trinajstić information content (AvgIpc) is 2.76. The Kier molecular flexibility index (Phi) is 3.17. The first-order valence-electron chi connectivity index (χ1n) is 5.37. The zero-order valence-electron chi connectivity index (χ0n) is 9.30. The van der Waals surface area contributed by atoms with Crippen molar-refractivity contribution in [3.05, 3.63) is 35.9 Å². The van der Waals surface area contributed by atoms with Crippen LogP contribution in [0.1, 0.15) is 0 Å². The molecule has 0 unspecified atom stereocenters. The molecule has 1 aromatic carbocycles. The molecule has 0 aliphatic carbocycles. The quantitative estimate of drug-likeness (QED) is 0.746. The minimum atomic E-state index is 0.642. The van der Waals surface area contributed by atoms with Crippen molar-refractivity contribution < 1.29 is 0 Å². The van der Waals surface area contributed by atoms with Crippen molar-refractivity contribution in [2.45, 2.75) is 5.16 Å². The van der Waals surface area contributed by atoms with E-state index in [0.717, 1.165) is 27.8 Å². The van der Waals surface area contributed by atoms with Crippen LogP contribution in [0, 0.1) is 0 Å². The number of aromatic amines is 1. The number of thioether (sulfide) groups is 1. The van der Waals surface area contributed by atoms with Crippen LogP contribution in [0.2, 0.25) is 0 Å². The van der Waals surface area contributed by atoms with Crippen molar-refractivity contribution in [2.24, 2.45) is 0 Å². The summed E-state index contributed by atoms with van der Waals surface area (Å²) in [6.07, 6.45) is 1.84. The van der Waals surface area contributed by atoms with Crippen molar-refractivity contribution in [3.63, 3.8) is 0 Å². The maximum Gasteiger partial charge on any atom is 0.211 e. The normalized spacial score (nSPS) is 11.8. The summed E-state index contributed by atoms with van der Waals surface area (Å²) >= 11 is 6.95. The van der Waals surface area contributed by atoms with Gasteiger partial charge in [0.2, 0.25) is 5.16 Å². The summed E-state index contributed by atoms with van der Waals surface area (Å²) in [6, 6.07) is 7.96. The standard InChI is InChI=1S/C12H9ClN4S/c13-6-3-7-18-12-15-11-10(16-17-12)8-4-1-2-5-9(8)14-11/h1-6H,7H2,(H,14,15,17)/b6-3+. The van der Waals surface area contributed by atoms with Crippen LogP contribution in [-0.2, 0) is 0 Å². The summed E-state index contributed by atoms with van der Waals surface area (Å²) in [7, 11) is 0. The maximum atomic E-state index is 5.46. The third-order valence-electron chi connectivity index (χ3n) is 2.50. The molecule has 1 N–H and O–H groups in total. The molecule has 0 fully saturated rings. The van der Waals surface area contributed by atoms with Crippen molar-refractivity contribution in [3.8, 4) is 0 Å². The number of benzene rings is 1. The summed E-state index contributed by atoms with van der Waals surface area (Å²) in [5.74, 6) is 0.733. The topological polar surface area (TPSA) is 54.5 Å². The predicted molar refractivity (Wildman–Crippen MR) is 74.9 cm³/mol. The molecule has 0 spiro atoms. The zero-order valence-corrected chi connectivity index (χ0v) is 10.9. The molecule has 0 saturated carbocycles. The monoisotopic (exact) mass is 276 g/mol. The van der Waals surface area contributed by atoms with Gasteiger partial charge < -0.3 is 4.98 Å². The fourth-order valence-corrected chi connectivity index (χ4v) is 2.52. The van der Waals surface area contributed by atoms with Gasteiger partial charge in [0.25, 0.3) is 0 Å². The molecular weight excluding hydrogens is 268 g/mol. The lowest BCUT2D eigenvalue weighted by molar-refractivity contribution is 0.879. The highest BCUT2D eigenvalue weighted by Crippen LogP contribution is 2.23. The molecule has 6 heteroatoms. The fourth-order valence-electron chi connectivity index (χ4n) is 1.73. The first-order chi connectivity index (χ1) is 8.88. The Hall–Kier alpha value is -1.59. The average molecular weight is 277 g/mol. The number of hydrogen-bond acceptors (Lipinski definition) is 4. The maximum absolute atomic E-state index is 5.46. The molecule has 0 saturated heterocycles. The smallest absolute Gasteiger partial charge is 0.211 e. The molecule has 2 heterocycles. The van der Waals surface area contributed by atoms with Crippen LogP contribution in [0.4, 0.5) is 0 Å². The van der Waals surface area contributed by atoms with E-state index in [1.807, 2.05) is 30.3 Å². The molecule has 18 heavy (non-hydrogen) atoms.